The van der Waals surface area contributed by atoms with E-state index in [0.717, 1.165) is 23.1 Å². The summed E-state index contributed by atoms with van der Waals surface area (Å²) in [5.74, 6) is 0. The van der Waals surface area contributed by atoms with Crippen LogP contribution in [0.2, 0.25) is 0 Å². The molecular weight excluding hydrogens is 254 g/mol. The summed E-state index contributed by atoms with van der Waals surface area (Å²) in [6, 6.07) is 6.09. The fourth-order valence-corrected chi connectivity index (χ4v) is 2.45. The van der Waals surface area contributed by atoms with Crippen molar-refractivity contribution in [1.29, 1.82) is 0 Å². The highest BCUT2D eigenvalue weighted by atomic mass is 79.9. The Hall–Kier alpha value is -0.540. The minimum absolute atomic E-state index is 0.395. The lowest BCUT2D eigenvalue weighted by molar-refractivity contribution is 0.199. The standard InChI is InChI=1S/C12H16BrNO/c1-9(15)11-5-4-10(13)8-12(11)14-6-2-3-7-14/h4-5,8-9,15H,2-3,6-7H2,1H3. The molecule has 2 rings (SSSR count). The number of anilines is 1. The molecule has 0 aromatic heterocycles. The molecule has 1 N–H and O–H groups in total. The average Bonchev–Trinajstić information content (AvgIpc) is 2.69. The minimum atomic E-state index is -0.395. The quantitative estimate of drug-likeness (QED) is 0.892. The first-order chi connectivity index (χ1) is 7.18. The van der Waals surface area contributed by atoms with Crippen molar-refractivity contribution < 1.29 is 5.11 Å². The molecule has 1 unspecified atom stereocenters. The predicted octanol–water partition coefficient (Wildman–Crippen LogP) is 3.10. The van der Waals surface area contributed by atoms with Gasteiger partial charge in [0.2, 0.25) is 0 Å². The van der Waals surface area contributed by atoms with Crippen LogP contribution >= 0.6 is 15.9 Å². The Labute approximate surface area is 99.0 Å². The highest BCUT2D eigenvalue weighted by molar-refractivity contribution is 9.10. The van der Waals surface area contributed by atoms with Gasteiger partial charge in [0, 0.05) is 28.8 Å². The summed E-state index contributed by atoms with van der Waals surface area (Å²) in [6.07, 6.45) is 2.12. The molecule has 1 aromatic rings. The Morgan fingerprint density at radius 3 is 2.60 bits per heavy atom. The molecule has 0 saturated carbocycles. The molecule has 1 saturated heterocycles. The van der Waals surface area contributed by atoms with Crippen molar-refractivity contribution in [3.63, 3.8) is 0 Å². The minimum Gasteiger partial charge on any atom is -0.389 e. The second-order valence-corrected chi connectivity index (χ2v) is 4.99. The molecule has 15 heavy (non-hydrogen) atoms. The topological polar surface area (TPSA) is 23.5 Å². The fraction of sp³-hybridized carbons (Fsp3) is 0.500. The van der Waals surface area contributed by atoms with Crippen LogP contribution in [0.15, 0.2) is 22.7 Å². The maximum Gasteiger partial charge on any atom is 0.0782 e. The van der Waals surface area contributed by atoms with Gasteiger partial charge in [-0.15, -0.1) is 0 Å². The van der Waals surface area contributed by atoms with Crippen molar-refractivity contribution in [2.75, 3.05) is 18.0 Å². The second kappa shape index (κ2) is 4.54. The summed E-state index contributed by atoms with van der Waals surface area (Å²) in [6.45, 7) is 4.04. The molecular formula is C12H16BrNO. The Morgan fingerprint density at radius 2 is 2.00 bits per heavy atom. The van der Waals surface area contributed by atoms with E-state index in [4.69, 9.17) is 0 Å². The van der Waals surface area contributed by atoms with Crippen LogP contribution in [0.4, 0.5) is 5.69 Å². The number of rotatable bonds is 2. The summed E-state index contributed by atoms with van der Waals surface area (Å²) in [7, 11) is 0. The van der Waals surface area contributed by atoms with Gasteiger partial charge in [0.05, 0.1) is 6.10 Å². The van der Waals surface area contributed by atoms with Crippen molar-refractivity contribution in [2.24, 2.45) is 0 Å². The maximum absolute atomic E-state index is 9.71. The molecule has 3 heteroatoms. The zero-order valence-corrected chi connectivity index (χ0v) is 10.5. The summed E-state index contributed by atoms with van der Waals surface area (Å²) in [5, 5.41) is 9.71. The van der Waals surface area contributed by atoms with Gasteiger partial charge >= 0.3 is 0 Å². The first kappa shape index (κ1) is 11.0. The Morgan fingerprint density at radius 1 is 1.33 bits per heavy atom. The summed E-state index contributed by atoms with van der Waals surface area (Å²) < 4.78 is 1.08. The number of aliphatic hydroxyl groups excluding tert-OH is 1. The van der Waals surface area contributed by atoms with Gasteiger partial charge in [-0.1, -0.05) is 22.0 Å². The van der Waals surface area contributed by atoms with Gasteiger partial charge in [0.1, 0.15) is 0 Å². The molecule has 1 aliphatic rings. The van der Waals surface area contributed by atoms with Crippen LogP contribution in [0.1, 0.15) is 31.4 Å². The van der Waals surface area contributed by atoms with Crippen molar-refractivity contribution in [3.8, 4) is 0 Å². The molecule has 1 atom stereocenters. The molecule has 0 spiro atoms. The monoisotopic (exact) mass is 269 g/mol. The van der Waals surface area contributed by atoms with E-state index in [1.165, 1.54) is 18.5 Å². The van der Waals surface area contributed by atoms with Gasteiger partial charge in [-0.3, -0.25) is 0 Å². The first-order valence-electron chi connectivity index (χ1n) is 5.41. The number of hydrogen-bond acceptors (Lipinski definition) is 2. The Kier molecular flexibility index (Phi) is 3.32. The molecule has 0 bridgehead atoms. The average molecular weight is 270 g/mol. The highest BCUT2D eigenvalue weighted by Crippen LogP contribution is 2.31. The van der Waals surface area contributed by atoms with Crippen LogP contribution in [-0.2, 0) is 0 Å². The number of benzene rings is 1. The van der Waals surface area contributed by atoms with Crippen molar-refractivity contribution in [1.82, 2.24) is 0 Å². The zero-order valence-electron chi connectivity index (χ0n) is 8.91. The van der Waals surface area contributed by atoms with Gasteiger partial charge in [0.25, 0.3) is 0 Å². The Bertz CT molecular complexity index is 345. The zero-order chi connectivity index (χ0) is 10.8. The molecule has 0 amide bonds. The van der Waals surface area contributed by atoms with Gasteiger partial charge in [-0.05, 0) is 31.9 Å². The number of halogens is 1. The number of aliphatic hydroxyl groups is 1. The van der Waals surface area contributed by atoms with E-state index in [2.05, 4.69) is 26.9 Å². The highest BCUT2D eigenvalue weighted by Gasteiger charge is 2.17. The predicted molar refractivity (Wildman–Crippen MR) is 66.2 cm³/mol. The van der Waals surface area contributed by atoms with Crippen molar-refractivity contribution >= 4 is 21.6 Å². The molecule has 0 aliphatic carbocycles. The third kappa shape index (κ3) is 2.34. The van der Waals surface area contributed by atoms with Gasteiger partial charge in [-0.2, -0.15) is 0 Å². The maximum atomic E-state index is 9.71. The molecule has 1 aliphatic heterocycles. The van der Waals surface area contributed by atoms with E-state index in [0.29, 0.717) is 0 Å². The fourth-order valence-electron chi connectivity index (χ4n) is 2.10. The molecule has 1 aromatic carbocycles. The summed E-state index contributed by atoms with van der Waals surface area (Å²) in [4.78, 5) is 2.35. The largest absolute Gasteiger partial charge is 0.389 e. The summed E-state index contributed by atoms with van der Waals surface area (Å²) >= 11 is 3.48. The van der Waals surface area contributed by atoms with E-state index in [9.17, 15) is 5.11 Å². The van der Waals surface area contributed by atoms with Crippen LogP contribution in [0, 0.1) is 0 Å². The number of hydrogen-bond donors (Lipinski definition) is 1. The normalized spacial score (nSPS) is 18.2. The molecule has 1 fully saturated rings. The van der Waals surface area contributed by atoms with Crippen LogP contribution in [-0.4, -0.2) is 18.2 Å². The smallest absolute Gasteiger partial charge is 0.0782 e. The lowest BCUT2D eigenvalue weighted by atomic mass is 10.1. The first-order valence-corrected chi connectivity index (χ1v) is 6.20. The lowest BCUT2D eigenvalue weighted by Crippen LogP contribution is -2.19. The van der Waals surface area contributed by atoms with Gasteiger partial charge in [0.15, 0.2) is 0 Å². The number of nitrogens with zero attached hydrogens (tertiary/aromatic N) is 1. The van der Waals surface area contributed by atoms with Crippen molar-refractivity contribution in [2.45, 2.75) is 25.9 Å². The van der Waals surface area contributed by atoms with Gasteiger partial charge in [-0.25, -0.2) is 0 Å². The SMILES string of the molecule is CC(O)c1ccc(Br)cc1N1CCCC1. The molecule has 0 radical (unpaired) electrons. The van der Waals surface area contributed by atoms with Crippen LogP contribution in [0.5, 0.6) is 0 Å². The van der Waals surface area contributed by atoms with E-state index in [1.807, 2.05) is 19.1 Å². The van der Waals surface area contributed by atoms with Crippen LogP contribution < -0.4 is 4.90 Å². The second-order valence-electron chi connectivity index (χ2n) is 4.07. The molecule has 82 valence electrons. The van der Waals surface area contributed by atoms with Crippen LogP contribution in [0.3, 0.4) is 0 Å². The molecule has 2 nitrogen and oxygen atoms in total. The van der Waals surface area contributed by atoms with E-state index in [-0.39, 0.29) is 0 Å². The van der Waals surface area contributed by atoms with Crippen LogP contribution in [0.25, 0.3) is 0 Å². The lowest BCUT2D eigenvalue weighted by Gasteiger charge is -2.23. The van der Waals surface area contributed by atoms with Gasteiger partial charge < -0.3 is 10.0 Å². The van der Waals surface area contributed by atoms with E-state index < -0.39 is 6.10 Å². The third-order valence-corrected chi connectivity index (χ3v) is 3.38. The van der Waals surface area contributed by atoms with E-state index >= 15 is 0 Å². The third-order valence-electron chi connectivity index (χ3n) is 2.89. The molecule has 1 heterocycles. The van der Waals surface area contributed by atoms with E-state index in [1.54, 1.807) is 0 Å². The summed E-state index contributed by atoms with van der Waals surface area (Å²) in [5.41, 5.74) is 2.21. The Balaban J connectivity index is 2.37. The van der Waals surface area contributed by atoms with Crippen molar-refractivity contribution in [3.05, 3.63) is 28.2 Å².